The fourth-order valence-electron chi connectivity index (χ4n) is 4.01. The Kier molecular flexibility index (Phi) is 9.87. The topological polar surface area (TPSA) is 124 Å². The molecule has 10 nitrogen and oxygen atoms in total. The summed E-state index contributed by atoms with van der Waals surface area (Å²) in [6.07, 6.45) is 3.80. The third-order valence-corrected chi connectivity index (χ3v) is 8.68. The fraction of sp³-hybridized carbons (Fsp3) is 0.423. The Labute approximate surface area is 239 Å². The second-order valence-corrected chi connectivity index (χ2v) is 11.7. The monoisotopic (exact) mass is 591 g/mol. The molecule has 4 rings (SSSR count). The van der Waals surface area contributed by atoms with E-state index < -0.39 is 11.2 Å². The highest BCUT2D eigenvalue weighted by atomic mass is 35.5. The molecular weight excluding hydrogens is 562 g/mol. The summed E-state index contributed by atoms with van der Waals surface area (Å²) in [6, 6.07) is 6.73. The largest absolute Gasteiger partial charge is 0.484 e. The number of thiophene rings is 1. The van der Waals surface area contributed by atoms with Crippen molar-refractivity contribution in [1.82, 2.24) is 20.1 Å². The van der Waals surface area contributed by atoms with Gasteiger partial charge in [0.05, 0.1) is 24.0 Å². The molecule has 2 N–H and O–H groups in total. The molecule has 0 aliphatic heterocycles. The van der Waals surface area contributed by atoms with Crippen LogP contribution in [0.4, 0.5) is 5.00 Å². The van der Waals surface area contributed by atoms with Gasteiger partial charge in [-0.15, -0.1) is 21.5 Å². The molecule has 1 atom stereocenters. The number of carbonyl (C=O) groups excluding carboxylic acids is 3. The van der Waals surface area contributed by atoms with Gasteiger partial charge >= 0.3 is 5.97 Å². The number of hydrogen-bond donors (Lipinski definition) is 2. The van der Waals surface area contributed by atoms with Gasteiger partial charge in [0.25, 0.3) is 5.91 Å². The van der Waals surface area contributed by atoms with Gasteiger partial charge in [0.2, 0.25) is 5.91 Å². The number of halogens is 1. The SMILES string of the molecule is CCOC(=O)c1c(NC(=O)[C@H](C)Sc2nnc(CNC(=O)COc3ccc(Cl)cc3)n2C)sc2c1CCCC2. The minimum absolute atomic E-state index is 0.150. The van der Waals surface area contributed by atoms with E-state index in [1.807, 2.05) is 0 Å². The number of nitrogens with zero attached hydrogens (tertiary/aromatic N) is 3. The number of nitrogens with one attached hydrogen (secondary N) is 2. The van der Waals surface area contributed by atoms with E-state index in [1.54, 1.807) is 49.7 Å². The maximum absolute atomic E-state index is 13.1. The third-order valence-electron chi connectivity index (χ3n) is 6.09. The van der Waals surface area contributed by atoms with E-state index in [2.05, 4.69) is 20.8 Å². The van der Waals surface area contributed by atoms with Crippen LogP contribution in [0.3, 0.4) is 0 Å². The molecule has 0 saturated heterocycles. The first kappa shape index (κ1) is 28.9. The zero-order valence-electron chi connectivity index (χ0n) is 21.9. The van der Waals surface area contributed by atoms with E-state index in [-0.39, 0.29) is 31.6 Å². The van der Waals surface area contributed by atoms with E-state index in [1.165, 1.54) is 23.1 Å². The number of anilines is 1. The van der Waals surface area contributed by atoms with Crippen molar-refractivity contribution >= 4 is 57.5 Å². The van der Waals surface area contributed by atoms with Crippen molar-refractivity contribution in [1.29, 1.82) is 0 Å². The van der Waals surface area contributed by atoms with Gasteiger partial charge in [0.1, 0.15) is 10.8 Å². The summed E-state index contributed by atoms with van der Waals surface area (Å²) < 4.78 is 12.5. The summed E-state index contributed by atoms with van der Waals surface area (Å²) in [6.45, 7) is 3.80. The Balaban J connectivity index is 1.32. The van der Waals surface area contributed by atoms with Crippen LogP contribution in [0.15, 0.2) is 29.4 Å². The Bertz CT molecular complexity index is 1340. The number of amides is 2. The molecule has 13 heteroatoms. The second-order valence-electron chi connectivity index (χ2n) is 8.86. The van der Waals surface area contributed by atoms with Crippen LogP contribution in [0.25, 0.3) is 0 Å². The molecule has 39 heavy (non-hydrogen) atoms. The lowest BCUT2D eigenvalue weighted by Gasteiger charge is -2.13. The highest BCUT2D eigenvalue weighted by Crippen LogP contribution is 2.39. The van der Waals surface area contributed by atoms with Crippen molar-refractivity contribution in [2.75, 3.05) is 18.5 Å². The summed E-state index contributed by atoms with van der Waals surface area (Å²) in [7, 11) is 1.77. The Hall–Kier alpha value is -3.09. The molecule has 1 aromatic carbocycles. The lowest BCUT2D eigenvalue weighted by molar-refractivity contribution is -0.123. The zero-order chi connectivity index (χ0) is 27.9. The van der Waals surface area contributed by atoms with E-state index >= 15 is 0 Å². The summed E-state index contributed by atoms with van der Waals surface area (Å²) in [5.74, 6) is 0.107. The van der Waals surface area contributed by atoms with Gasteiger partial charge in [0.15, 0.2) is 17.6 Å². The van der Waals surface area contributed by atoms with Gasteiger partial charge < -0.3 is 24.7 Å². The summed E-state index contributed by atoms with van der Waals surface area (Å²) in [4.78, 5) is 39.1. The van der Waals surface area contributed by atoms with E-state index in [0.717, 1.165) is 36.1 Å². The van der Waals surface area contributed by atoms with Crippen molar-refractivity contribution in [3.63, 3.8) is 0 Å². The molecule has 0 radical (unpaired) electrons. The molecule has 1 aliphatic carbocycles. The van der Waals surface area contributed by atoms with Crippen molar-refractivity contribution in [2.45, 2.75) is 56.5 Å². The quantitative estimate of drug-likeness (QED) is 0.248. The maximum Gasteiger partial charge on any atom is 0.341 e. The average molecular weight is 592 g/mol. The number of aryl methyl sites for hydroxylation is 1. The molecule has 2 heterocycles. The van der Waals surface area contributed by atoms with Gasteiger partial charge in [-0.05, 0) is 69.4 Å². The Morgan fingerprint density at radius 2 is 1.92 bits per heavy atom. The Morgan fingerprint density at radius 1 is 1.18 bits per heavy atom. The smallest absolute Gasteiger partial charge is 0.341 e. The van der Waals surface area contributed by atoms with Crippen LogP contribution in [0.5, 0.6) is 5.75 Å². The summed E-state index contributed by atoms with van der Waals surface area (Å²) in [5.41, 5.74) is 1.48. The van der Waals surface area contributed by atoms with Crippen molar-refractivity contribution < 1.29 is 23.9 Å². The summed E-state index contributed by atoms with van der Waals surface area (Å²) >= 11 is 8.55. The number of thioether (sulfide) groups is 1. The number of hydrogen-bond acceptors (Lipinski definition) is 9. The molecule has 2 amide bonds. The van der Waals surface area contributed by atoms with Crippen molar-refractivity contribution in [2.24, 2.45) is 7.05 Å². The van der Waals surface area contributed by atoms with Crippen molar-refractivity contribution in [3.05, 3.63) is 51.1 Å². The number of carbonyl (C=O) groups is 3. The minimum Gasteiger partial charge on any atom is -0.484 e. The van der Waals surface area contributed by atoms with Crippen LogP contribution >= 0.6 is 34.7 Å². The Morgan fingerprint density at radius 3 is 2.67 bits per heavy atom. The van der Waals surface area contributed by atoms with Crippen LogP contribution in [-0.4, -0.2) is 51.0 Å². The lowest BCUT2D eigenvalue weighted by Crippen LogP contribution is -2.29. The first-order valence-corrected chi connectivity index (χ1v) is 14.7. The van der Waals surface area contributed by atoms with Gasteiger partial charge in [-0.3, -0.25) is 9.59 Å². The van der Waals surface area contributed by atoms with Gasteiger partial charge in [-0.2, -0.15) is 0 Å². The number of aromatic nitrogens is 3. The second kappa shape index (κ2) is 13.3. The normalized spacial score (nSPS) is 13.3. The molecule has 2 aromatic heterocycles. The van der Waals surface area contributed by atoms with Gasteiger partial charge in [-0.25, -0.2) is 4.79 Å². The molecule has 0 bridgehead atoms. The molecule has 208 valence electrons. The molecule has 0 fully saturated rings. The summed E-state index contributed by atoms with van der Waals surface area (Å²) in [5, 5.41) is 15.2. The molecular formula is C26H30ClN5O5S2. The van der Waals surface area contributed by atoms with Crippen LogP contribution in [-0.2, 0) is 40.8 Å². The fourth-order valence-corrected chi connectivity index (χ4v) is 6.25. The highest BCUT2D eigenvalue weighted by molar-refractivity contribution is 8.00. The molecule has 3 aromatic rings. The zero-order valence-corrected chi connectivity index (χ0v) is 24.3. The highest BCUT2D eigenvalue weighted by Gasteiger charge is 2.28. The number of rotatable bonds is 11. The van der Waals surface area contributed by atoms with Gasteiger partial charge in [-0.1, -0.05) is 23.4 Å². The van der Waals surface area contributed by atoms with Crippen LogP contribution < -0.4 is 15.4 Å². The standard InChI is InChI=1S/C26H30ClN5O5S2/c1-4-36-25(35)22-18-7-5-6-8-19(18)39-24(22)29-23(34)15(2)38-26-31-30-20(32(26)3)13-28-21(33)14-37-17-11-9-16(27)10-12-17/h9-12,15H,4-8,13-14H2,1-3H3,(H,28,33)(H,29,34)/t15-/m0/s1. The van der Waals surface area contributed by atoms with Crippen LogP contribution in [0.1, 0.15) is 53.3 Å². The van der Waals surface area contributed by atoms with Gasteiger partial charge in [0, 0.05) is 16.9 Å². The van der Waals surface area contributed by atoms with E-state index in [0.29, 0.717) is 32.3 Å². The van der Waals surface area contributed by atoms with Crippen LogP contribution in [0, 0.1) is 0 Å². The van der Waals surface area contributed by atoms with Crippen molar-refractivity contribution in [3.8, 4) is 5.75 Å². The minimum atomic E-state index is -0.516. The molecule has 0 spiro atoms. The molecule has 1 aliphatic rings. The predicted octanol–water partition coefficient (Wildman–Crippen LogP) is 4.40. The molecule has 0 unspecified atom stereocenters. The third kappa shape index (κ3) is 7.31. The van der Waals surface area contributed by atoms with Crippen LogP contribution in [0.2, 0.25) is 5.02 Å². The lowest BCUT2D eigenvalue weighted by atomic mass is 9.95. The predicted molar refractivity (Wildman–Crippen MR) is 151 cm³/mol. The molecule has 0 saturated carbocycles. The number of esters is 1. The number of benzene rings is 1. The maximum atomic E-state index is 13.1. The van der Waals surface area contributed by atoms with E-state index in [9.17, 15) is 14.4 Å². The first-order valence-electron chi connectivity index (χ1n) is 12.6. The number of fused-ring (bicyclic) bond motifs is 1. The average Bonchev–Trinajstić information content (AvgIpc) is 3.46. The first-order chi connectivity index (χ1) is 18.8. The number of ether oxygens (including phenoxy) is 2. The van der Waals surface area contributed by atoms with E-state index in [4.69, 9.17) is 21.1 Å².